The van der Waals surface area contributed by atoms with E-state index in [-0.39, 0.29) is 0 Å². The van der Waals surface area contributed by atoms with Crippen molar-refractivity contribution in [2.75, 3.05) is 0 Å². The third-order valence-electron chi connectivity index (χ3n) is 1.78. The number of aryl methyl sites for hydroxylation is 1. The van der Waals surface area contributed by atoms with Gasteiger partial charge in [-0.3, -0.25) is 0 Å². The lowest BCUT2D eigenvalue weighted by molar-refractivity contribution is 0.630. The average Bonchev–Trinajstić information content (AvgIpc) is 2.65. The third-order valence-corrected chi connectivity index (χ3v) is 2.55. The zero-order chi connectivity index (χ0) is 10.8. The summed E-state index contributed by atoms with van der Waals surface area (Å²) >= 11 is 7.75. The molecule has 2 aromatic rings. The summed E-state index contributed by atoms with van der Waals surface area (Å²) < 4.78 is 5.02. The lowest BCUT2D eigenvalue weighted by Gasteiger charge is -2.01. The molecular formula is C8H6ClIN4O. The molecule has 0 amide bonds. The maximum absolute atomic E-state index is 5.97. The van der Waals surface area contributed by atoms with E-state index in [2.05, 4.69) is 15.4 Å². The molecule has 0 saturated heterocycles. The number of hydrogen-bond donors (Lipinski definition) is 0. The number of nitrogens with zero attached hydrogens (tertiary/aromatic N) is 4. The lowest BCUT2D eigenvalue weighted by atomic mass is 10.2. The van der Waals surface area contributed by atoms with Crippen LogP contribution < -0.4 is 3.07 Å². The molecule has 78 valence electrons. The molecule has 15 heavy (non-hydrogen) atoms. The van der Waals surface area contributed by atoms with Gasteiger partial charge in [-0.1, -0.05) is 11.6 Å². The average molecular weight is 337 g/mol. The van der Waals surface area contributed by atoms with Gasteiger partial charge in [-0.15, -0.1) is 10.2 Å². The van der Waals surface area contributed by atoms with E-state index in [0.29, 0.717) is 16.6 Å². The first-order valence-corrected chi connectivity index (χ1v) is 5.29. The Balaban J connectivity index is 2.42. The van der Waals surface area contributed by atoms with E-state index in [1.807, 2.05) is 6.07 Å². The van der Waals surface area contributed by atoms with E-state index in [0.717, 1.165) is 5.56 Å². The molecule has 0 aliphatic carbocycles. The van der Waals surface area contributed by atoms with Gasteiger partial charge in [0.05, 0.1) is 12.1 Å². The van der Waals surface area contributed by atoms with Crippen LogP contribution in [0.25, 0.3) is 11.4 Å². The predicted molar refractivity (Wildman–Crippen MR) is 63.9 cm³/mol. The topological polar surface area (TPSA) is 52.8 Å². The van der Waals surface area contributed by atoms with Gasteiger partial charge in [0.2, 0.25) is 5.82 Å². The fraction of sp³-hybridized carbons (Fsp3) is 0.125. The first-order valence-electron chi connectivity index (χ1n) is 4.03. The van der Waals surface area contributed by atoms with E-state index >= 15 is 0 Å². The fourth-order valence-corrected chi connectivity index (χ4v) is 1.84. The van der Waals surface area contributed by atoms with Crippen LogP contribution in [-0.2, 0) is 7.05 Å². The standard InChI is InChI=1S/C8H6ClIN4O/c1-14-12-8(11-13-14)5-2-3-7(15-10)6(9)4-5/h2-4H,1H3. The number of rotatable bonds is 2. The van der Waals surface area contributed by atoms with Crippen LogP contribution in [0, 0.1) is 0 Å². The van der Waals surface area contributed by atoms with Gasteiger partial charge in [0.25, 0.3) is 0 Å². The van der Waals surface area contributed by atoms with Crippen LogP contribution >= 0.6 is 34.6 Å². The summed E-state index contributed by atoms with van der Waals surface area (Å²) in [6.45, 7) is 0. The number of tetrazole rings is 1. The van der Waals surface area contributed by atoms with E-state index in [1.54, 1.807) is 42.2 Å². The molecule has 1 aromatic carbocycles. The van der Waals surface area contributed by atoms with E-state index < -0.39 is 0 Å². The number of benzene rings is 1. The summed E-state index contributed by atoms with van der Waals surface area (Å²) in [4.78, 5) is 1.39. The summed E-state index contributed by atoms with van der Waals surface area (Å²) in [6.07, 6.45) is 0. The molecule has 1 aromatic heterocycles. The number of hydrogen-bond acceptors (Lipinski definition) is 4. The molecule has 0 atom stereocenters. The molecule has 0 radical (unpaired) electrons. The monoisotopic (exact) mass is 336 g/mol. The Morgan fingerprint density at radius 2 is 2.27 bits per heavy atom. The van der Waals surface area contributed by atoms with Crippen LogP contribution in [0.3, 0.4) is 0 Å². The molecule has 0 aliphatic rings. The lowest BCUT2D eigenvalue weighted by Crippen LogP contribution is -1.91. The molecule has 0 aliphatic heterocycles. The molecule has 7 heteroatoms. The second-order valence-corrected chi connectivity index (χ2v) is 3.67. The van der Waals surface area contributed by atoms with Gasteiger partial charge in [-0.2, -0.15) is 4.80 Å². The Bertz CT molecular complexity index is 487. The van der Waals surface area contributed by atoms with Crippen LogP contribution in [0.2, 0.25) is 5.02 Å². The quantitative estimate of drug-likeness (QED) is 0.790. The predicted octanol–water partition coefficient (Wildman–Crippen LogP) is 2.26. The molecule has 0 spiro atoms. The van der Waals surface area contributed by atoms with Crippen LogP contribution in [0.1, 0.15) is 0 Å². The smallest absolute Gasteiger partial charge is 0.204 e. The molecule has 5 nitrogen and oxygen atoms in total. The maximum atomic E-state index is 5.97. The van der Waals surface area contributed by atoms with Crippen molar-refractivity contribution in [3.63, 3.8) is 0 Å². The van der Waals surface area contributed by atoms with Crippen molar-refractivity contribution in [2.45, 2.75) is 0 Å². The van der Waals surface area contributed by atoms with Crippen LogP contribution in [0.5, 0.6) is 5.75 Å². The zero-order valence-corrected chi connectivity index (χ0v) is 10.6. The van der Waals surface area contributed by atoms with Gasteiger partial charge < -0.3 is 3.07 Å². The third kappa shape index (κ3) is 2.20. The molecule has 2 rings (SSSR count). The Morgan fingerprint density at radius 1 is 1.47 bits per heavy atom. The van der Waals surface area contributed by atoms with Gasteiger partial charge in [0, 0.05) is 5.56 Å². The second-order valence-electron chi connectivity index (χ2n) is 2.82. The Morgan fingerprint density at radius 3 is 2.80 bits per heavy atom. The summed E-state index contributed by atoms with van der Waals surface area (Å²) in [6, 6.07) is 5.34. The molecule has 0 N–H and O–H groups in total. The first-order chi connectivity index (χ1) is 7.20. The second kappa shape index (κ2) is 4.31. The number of aromatic nitrogens is 4. The van der Waals surface area contributed by atoms with E-state index in [4.69, 9.17) is 14.7 Å². The van der Waals surface area contributed by atoms with Crippen molar-refractivity contribution in [3.05, 3.63) is 23.2 Å². The van der Waals surface area contributed by atoms with Gasteiger partial charge in [-0.25, -0.2) is 0 Å². The highest BCUT2D eigenvalue weighted by Crippen LogP contribution is 2.29. The van der Waals surface area contributed by atoms with Crippen molar-refractivity contribution < 1.29 is 3.07 Å². The van der Waals surface area contributed by atoms with Crippen molar-refractivity contribution in [3.8, 4) is 17.1 Å². The van der Waals surface area contributed by atoms with Crippen molar-refractivity contribution in [1.29, 1.82) is 0 Å². The highest BCUT2D eigenvalue weighted by Gasteiger charge is 2.07. The minimum atomic E-state index is 0.523. The molecular weight excluding hydrogens is 330 g/mol. The summed E-state index contributed by atoms with van der Waals surface area (Å²) in [5.74, 6) is 1.16. The van der Waals surface area contributed by atoms with E-state index in [1.165, 1.54) is 4.80 Å². The highest BCUT2D eigenvalue weighted by atomic mass is 127. The molecule has 1 heterocycles. The molecule has 0 bridgehead atoms. The molecule has 0 unspecified atom stereocenters. The fourth-order valence-electron chi connectivity index (χ4n) is 1.10. The van der Waals surface area contributed by atoms with Gasteiger partial charge in [0.15, 0.2) is 28.8 Å². The van der Waals surface area contributed by atoms with Crippen LogP contribution in [0.4, 0.5) is 0 Å². The Hall–Kier alpha value is -0.890. The Labute approximate surface area is 105 Å². The van der Waals surface area contributed by atoms with Crippen LogP contribution in [0.15, 0.2) is 18.2 Å². The van der Waals surface area contributed by atoms with Crippen LogP contribution in [-0.4, -0.2) is 20.2 Å². The molecule has 0 fully saturated rings. The maximum Gasteiger partial charge on any atom is 0.204 e. The summed E-state index contributed by atoms with van der Waals surface area (Å²) in [7, 11) is 1.71. The van der Waals surface area contributed by atoms with Gasteiger partial charge >= 0.3 is 0 Å². The largest absolute Gasteiger partial charge is 0.426 e. The van der Waals surface area contributed by atoms with Crippen molar-refractivity contribution >= 4 is 34.6 Å². The first kappa shape index (κ1) is 10.6. The SMILES string of the molecule is Cn1nnc(-c2ccc(OI)c(Cl)c2)n1. The van der Waals surface area contributed by atoms with Gasteiger partial charge in [0.1, 0.15) is 0 Å². The zero-order valence-electron chi connectivity index (χ0n) is 7.69. The Kier molecular flexibility index (Phi) is 3.06. The minimum absolute atomic E-state index is 0.523. The highest BCUT2D eigenvalue weighted by molar-refractivity contribution is 14.1. The van der Waals surface area contributed by atoms with E-state index in [9.17, 15) is 0 Å². The molecule has 0 saturated carbocycles. The summed E-state index contributed by atoms with van der Waals surface area (Å²) in [5, 5.41) is 12.2. The normalized spacial score (nSPS) is 10.3. The van der Waals surface area contributed by atoms with Gasteiger partial charge in [-0.05, 0) is 23.4 Å². The summed E-state index contributed by atoms with van der Waals surface area (Å²) in [5.41, 5.74) is 0.810. The van der Waals surface area contributed by atoms with Crippen molar-refractivity contribution in [2.24, 2.45) is 7.05 Å². The minimum Gasteiger partial charge on any atom is -0.426 e. The van der Waals surface area contributed by atoms with Crippen molar-refractivity contribution in [1.82, 2.24) is 20.2 Å². The number of halogens is 2.